The topological polar surface area (TPSA) is 79.3 Å². The van der Waals surface area contributed by atoms with Crippen molar-refractivity contribution in [3.05, 3.63) is 87.4 Å². The van der Waals surface area contributed by atoms with Gasteiger partial charge in [0.2, 0.25) is 0 Å². The fourth-order valence-electron chi connectivity index (χ4n) is 4.14. The molecule has 0 bridgehead atoms. The second-order valence-corrected chi connectivity index (χ2v) is 9.14. The number of Topliss-reactive ketones (excluding diaryl/α,β-unsaturated/α-hetero) is 1. The summed E-state index contributed by atoms with van der Waals surface area (Å²) in [6.45, 7) is 0. The minimum absolute atomic E-state index is 0.0641. The number of carbonyl (C=O) groups excluding carboxylic acids is 2. The maximum Gasteiger partial charge on any atom is 0.300 e. The number of carbonyl (C=O) groups is 2. The first-order valence-electron chi connectivity index (χ1n) is 10.9. The lowest BCUT2D eigenvalue weighted by Gasteiger charge is -2.26. The Bertz CT molecular complexity index is 1370. The highest BCUT2D eigenvalue weighted by molar-refractivity contribution is 6.51. The van der Waals surface area contributed by atoms with Crippen LogP contribution in [0.15, 0.2) is 66.2 Å². The molecule has 0 aromatic heterocycles. The first-order chi connectivity index (χ1) is 17.2. The predicted octanol–water partition coefficient (Wildman–Crippen LogP) is 5.70. The highest BCUT2D eigenvalue weighted by Crippen LogP contribution is 2.44. The lowest BCUT2D eigenvalue weighted by atomic mass is 9.95. The Kier molecular flexibility index (Phi) is 7.15. The Morgan fingerprint density at radius 1 is 0.889 bits per heavy atom. The molecule has 1 aliphatic heterocycles. The number of hydrogen-bond donors (Lipinski definition) is 1. The molecule has 0 aliphatic carbocycles. The summed E-state index contributed by atoms with van der Waals surface area (Å²) in [5.41, 5.74) is 2.18. The molecular formula is C27H24Cl2N2O5. The molecule has 0 radical (unpaired) electrons. The fraction of sp³-hybridized carbons (Fsp3) is 0.185. The standard InChI is InChI=1S/C27H24Cl2N2O5/c1-30(2)17-8-5-15(6-9-17)24-23(25(32)16-7-11-19(28)20(29)13-16)26(33)27(34)31(24)18-10-12-21(35-3)22(14-18)36-4/h5-14,24,32H,1-4H3/b25-23+. The van der Waals surface area contributed by atoms with Gasteiger partial charge in [-0.1, -0.05) is 35.3 Å². The average Bonchev–Trinajstić information content (AvgIpc) is 3.15. The van der Waals surface area contributed by atoms with Crippen LogP contribution in [0.5, 0.6) is 11.5 Å². The molecule has 36 heavy (non-hydrogen) atoms. The van der Waals surface area contributed by atoms with E-state index in [1.54, 1.807) is 24.3 Å². The summed E-state index contributed by atoms with van der Waals surface area (Å²) in [6.07, 6.45) is 0. The van der Waals surface area contributed by atoms with Gasteiger partial charge in [0.15, 0.2) is 11.5 Å². The van der Waals surface area contributed by atoms with Gasteiger partial charge in [0, 0.05) is 37.1 Å². The Morgan fingerprint density at radius 2 is 1.56 bits per heavy atom. The van der Waals surface area contributed by atoms with Gasteiger partial charge in [0.05, 0.1) is 35.9 Å². The third kappa shape index (κ3) is 4.47. The van der Waals surface area contributed by atoms with E-state index < -0.39 is 17.7 Å². The molecular weight excluding hydrogens is 503 g/mol. The molecule has 0 saturated carbocycles. The van der Waals surface area contributed by atoms with Gasteiger partial charge in [0.1, 0.15) is 5.76 Å². The Labute approximate surface area is 219 Å². The normalized spacial score (nSPS) is 16.8. The lowest BCUT2D eigenvalue weighted by Crippen LogP contribution is -2.29. The molecule has 186 valence electrons. The van der Waals surface area contributed by atoms with Crippen molar-refractivity contribution in [2.45, 2.75) is 6.04 Å². The quantitative estimate of drug-likeness (QED) is 0.252. The van der Waals surface area contributed by atoms with Crippen LogP contribution in [0.25, 0.3) is 5.76 Å². The number of methoxy groups -OCH3 is 2. The van der Waals surface area contributed by atoms with Gasteiger partial charge in [-0.15, -0.1) is 0 Å². The molecule has 7 nitrogen and oxygen atoms in total. The van der Waals surface area contributed by atoms with Crippen LogP contribution in [-0.4, -0.2) is 45.1 Å². The number of aliphatic hydroxyl groups is 1. The summed E-state index contributed by atoms with van der Waals surface area (Å²) in [5.74, 6) is -1.10. The number of hydrogen-bond acceptors (Lipinski definition) is 6. The molecule has 0 spiro atoms. The number of halogens is 2. The smallest absolute Gasteiger partial charge is 0.300 e. The van der Waals surface area contributed by atoms with Crippen LogP contribution in [0.2, 0.25) is 10.0 Å². The van der Waals surface area contributed by atoms with E-state index in [9.17, 15) is 14.7 Å². The molecule has 1 saturated heterocycles. The molecule has 9 heteroatoms. The zero-order valence-electron chi connectivity index (χ0n) is 20.1. The van der Waals surface area contributed by atoms with Gasteiger partial charge in [-0.25, -0.2) is 0 Å². The van der Waals surface area contributed by atoms with Gasteiger partial charge in [-0.3, -0.25) is 14.5 Å². The van der Waals surface area contributed by atoms with E-state index in [1.165, 1.54) is 31.3 Å². The third-order valence-electron chi connectivity index (χ3n) is 6.01. The molecule has 3 aromatic carbocycles. The summed E-state index contributed by atoms with van der Waals surface area (Å²) in [6, 6.07) is 15.9. The van der Waals surface area contributed by atoms with E-state index in [0.29, 0.717) is 27.8 Å². The molecule has 1 unspecified atom stereocenters. The second kappa shape index (κ2) is 10.1. The summed E-state index contributed by atoms with van der Waals surface area (Å²) >= 11 is 12.2. The zero-order chi connectivity index (χ0) is 26.1. The average molecular weight is 527 g/mol. The predicted molar refractivity (Wildman–Crippen MR) is 142 cm³/mol. The number of benzene rings is 3. The number of aliphatic hydroxyl groups excluding tert-OH is 1. The van der Waals surface area contributed by atoms with Crippen LogP contribution >= 0.6 is 23.2 Å². The molecule has 1 amide bonds. The van der Waals surface area contributed by atoms with Crippen LogP contribution in [0.1, 0.15) is 17.2 Å². The SMILES string of the molecule is COc1ccc(N2C(=O)C(=O)/C(=C(/O)c3ccc(Cl)c(Cl)c3)C2c2ccc(N(C)C)cc2)cc1OC. The first kappa shape index (κ1) is 25.4. The second-order valence-electron chi connectivity index (χ2n) is 8.32. The van der Waals surface area contributed by atoms with Crippen LogP contribution in [0, 0.1) is 0 Å². The van der Waals surface area contributed by atoms with Crippen LogP contribution in [0.3, 0.4) is 0 Å². The monoisotopic (exact) mass is 526 g/mol. The first-order valence-corrected chi connectivity index (χ1v) is 11.7. The summed E-state index contributed by atoms with van der Waals surface area (Å²) in [5, 5.41) is 11.8. The van der Waals surface area contributed by atoms with Crippen molar-refractivity contribution in [1.82, 2.24) is 0 Å². The molecule has 1 aliphatic rings. The van der Waals surface area contributed by atoms with E-state index in [0.717, 1.165) is 5.69 Å². The maximum absolute atomic E-state index is 13.4. The van der Waals surface area contributed by atoms with E-state index in [-0.39, 0.29) is 21.9 Å². The molecule has 1 N–H and O–H groups in total. The zero-order valence-corrected chi connectivity index (χ0v) is 21.6. The third-order valence-corrected chi connectivity index (χ3v) is 6.75. The minimum Gasteiger partial charge on any atom is -0.507 e. The van der Waals surface area contributed by atoms with E-state index in [2.05, 4.69) is 0 Å². The van der Waals surface area contributed by atoms with E-state index >= 15 is 0 Å². The number of rotatable bonds is 6. The van der Waals surface area contributed by atoms with Gasteiger partial charge in [0.25, 0.3) is 11.7 Å². The van der Waals surface area contributed by atoms with Crippen molar-refractivity contribution >= 4 is 52.0 Å². The number of amides is 1. The number of ketones is 1. The highest BCUT2D eigenvalue weighted by Gasteiger charge is 2.47. The van der Waals surface area contributed by atoms with E-state index in [4.69, 9.17) is 32.7 Å². The van der Waals surface area contributed by atoms with Crippen molar-refractivity contribution in [3.8, 4) is 11.5 Å². The van der Waals surface area contributed by atoms with Crippen molar-refractivity contribution in [3.63, 3.8) is 0 Å². The Morgan fingerprint density at radius 3 is 2.14 bits per heavy atom. The van der Waals surface area contributed by atoms with Gasteiger partial charge < -0.3 is 19.5 Å². The van der Waals surface area contributed by atoms with Crippen LogP contribution in [0.4, 0.5) is 11.4 Å². The Balaban J connectivity index is 1.94. The molecule has 1 atom stereocenters. The fourth-order valence-corrected chi connectivity index (χ4v) is 4.44. The largest absolute Gasteiger partial charge is 0.507 e. The van der Waals surface area contributed by atoms with Gasteiger partial charge in [-0.05, 0) is 48.0 Å². The lowest BCUT2D eigenvalue weighted by molar-refractivity contribution is -0.132. The van der Waals surface area contributed by atoms with Gasteiger partial charge >= 0.3 is 0 Å². The van der Waals surface area contributed by atoms with Gasteiger partial charge in [-0.2, -0.15) is 0 Å². The molecule has 1 fully saturated rings. The molecule has 1 heterocycles. The summed E-state index contributed by atoms with van der Waals surface area (Å²) in [4.78, 5) is 30.0. The minimum atomic E-state index is -0.909. The van der Waals surface area contributed by atoms with Crippen molar-refractivity contribution in [2.75, 3.05) is 38.1 Å². The number of ether oxygens (including phenoxy) is 2. The van der Waals surface area contributed by atoms with Crippen molar-refractivity contribution in [1.29, 1.82) is 0 Å². The summed E-state index contributed by atoms with van der Waals surface area (Å²) in [7, 11) is 6.81. The Hall–Kier alpha value is -3.68. The van der Waals surface area contributed by atoms with Crippen LogP contribution < -0.4 is 19.3 Å². The van der Waals surface area contributed by atoms with E-state index in [1.807, 2.05) is 43.3 Å². The van der Waals surface area contributed by atoms with Crippen LogP contribution in [-0.2, 0) is 9.59 Å². The summed E-state index contributed by atoms with van der Waals surface area (Å²) < 4.78 is 10.7. The molecule has 3 aromatic rings. The number of anilines is 2. The van der Waals surface area contributed by atoms with Crippen molar-refractivity contribution in [2.24, 2.45) is 0 Å². The maximum atomic E-state index is 13.4. The highest BCUT2D eigenvalue weighted by atomic mass is 35.5. The number of nitrogens with zero attached hydrogens (tertiary/aromatic N) is 2. The molecule has 4 rings (SSSR count). The van der Waals surface area contributed by atoms with Crippen molar-refractivity contribution < 1.29 is 24.2 Å².